The van der Waals surface area contributed by atoms with E-state index in [4.69, 9.17) is 5.26 Å². The molecule has 1 aliphatic heterocycles. The zero-order valence-corrected chi connectivity index (χ0v) is 17.6. The highest BCUT2D eigenvalue weighted by Crippen LogP contribution is 2.29. The van der Waals surface area contributed by atoms with Gasteiger partial charge >= 0.3 is 0 Å². The molecule has 0 bridgehead atoms. The first kappa shape index (κ1) is 20.6. The molecule has 156 valence electrons. The number of nitriles is 1. The Bertz CT molecular complexity index is 1080. The van der Waals surface area contributed by atoms with Crippen molar-refractivity contribution >= 4 is 21.6 Å². The molecular weight excluding hydrogens is 398 g/mol. The molecule has 7 heteroatoms. The molecule has 1 fully saturated rings. The maximum atomic E-state index is 13.0. The minimum atomic E-state index is -3.53. The molecule has 0 unspecified atom stereocenters. The molecule has 1 N–H and O–H groups in total. The van der Waals surface area contributed by atoms with Crippen LogP contribution in [-0.4, -0.2) is 31.7 Å². The van der Waals surface area contributed by atoms with E-state index in [1.54, 1.807) is 18.2 Å². The number of rotatable bonds is 5. The molecule has 0 radical (unpaired) electrons. The normalized spacial score (nSPS) is 17.3. The van der Waals surface area contributed by atoms with Crippen LogP contribution in [0.2, 0.25) is 0 Å². The molecule has 6 nitrogen and oxygen atoms in total. The van der Waals surface area contributed by atoms with Gasteiger partial charge < -0.3 is 5.32 Å². The van der Waals surface area contributed by atoms with E-state index in [-0.39, 0.29) is 11.8 Å². The number of amides is 1. The number of nitrogens with one attached hydrogen (secondary N) is 1. The van der Waals surface area contributed by atoms with E-state index in [9.17, 15) is 13.2 Å². The number of fused-ring (bicyclic) bond motifs is 1. The van der Waals surface area contributed by atoms with E-state index in [1.165, 1.54) is 9.87 Å². The Morgan fingerprint density at radius 2 is 1.77 bits per heavy atom. The van der Waals surface area contributed by atoms with Gasteiger partial charge in [-0.05, 0) is 73.1 Å². The zero-order chi connectivity index (χ0) is 21.1. The van der Waals surface area contributed by atoms with Crippen molar-refractivity contribution in [2.24, 2.45) is 5.92 Å². The van der Waals surface area contributed by atoms with Crippen LogP contribution in [-0.2, 0) is 34.1 Å². The largest absolute Gasteiger partial charge is 0.326 e. The summed E-state index contributed by atoms with van der Waals surface area (Å²) in [4.78, 5) is 13.0. The second kappa shape index (κ2) is 8.58. The Hall–Kier alpha value is -2.69. The Labute approximate surface area is 177 Å². The fourth-order valence-corrected chi connectivity index (χ4v) is 5.78. The summed E-state index contributed by atoms with van der Waals surface area (Å²) in [5.74, 6) is -0.298. The minimum absolute atomic E-state index is 0.0855. The zero-order valence-electron chi connectivity index (χ0n) is 16.8. The Morgan fingerprint density at radius 1 is 1.07 bits per heavy atom. The molecule has 1 saturated heterocycles. The molecule has 30 heavy (non-hydrogen) atoms. The molecule has 0 aromatic heterocycles. The molecule has 2 aliphatic rings. The number of hydrogen-bond donors (Lipinski definition) is 1. The van der Waals surface area contributed by atoms with Crippen LogP contribution in [0.5, 0.6) is 0 Å². The number of sulfonamides is 1. The first-order valence-electron chi connectivity index (χ1n) is 10.4. The smallest absolute Gasteiger partial charge is 0.243 e. The quantitative estimate of drug-likeness (QED) is 0.799. The summed E-state index contributed by atoms with van der Waals surface area (Å²) in [5.41, 5.74) is 3.99. The van der Waals surface area contributed by atoms with Crippen LogP contribution in [0.25, 0.3) is 0 Å². The van der Waals surface area contributed by atoms with Gasteiger partial charge in [-0.15, -0.1) is 0 Å². The lowest BCUT2D eigenvalue weighted by atomic mass is 9.97. The van der Waals surface area contributed by atoms with Gasteiger partial charge in [0.2, 0.25) is 15.9 Å². The van der Waals surface area contributed by atoms with E-state index in [0.717, 1.165) is 30.4 Å². The molecule has 1 amide bonds. The second-order valence-corrected chi connectivity index (χ2v) is 9.92. The van der Waals surface area contributed by atoms with E-state index < -0.39 is 10.0 Å². The summed E-state index contributed by atoms with van der Waals surface area (Å²) in [7, 11) is -3.53. The number of carbonyl (C=O) groups excluding carboxylic acids is 1. The molecule has 4 rings (SSSR count). The van der Waals surface area contributed by atoms with E-state index >= 15 is 0 Å². The summed E-state index contributed by atoms with van der Waals surface area (Å²) in [6, 6.07) is 14.8. The number of benzene rings is 2. The summed E-state index contributed by atoms with van der Waals surface area (Å²) >= 11 is 0. The van der Waals surface area contributed by atoms with Gasteiger partial charge in [0.1, 0.15) is 0 Å². The lowest BCUT2D eigenvalue weighted by molar-refractivity contribution is -0.120. The highest BCUT2D eigenvalue weighted by molar-refractivity contribution is 7.89. The molecule has 0 atom stereocenters. The number of piperidine rings is 1. The van der Waals surface area contributed by atoms with Crippen molar-refractivity contribution in [3.63, 3.8) is 0 Å². The molecular formula is C23H25N3O3S. The van der Waals surface area contributed by atoms with Crippen LogP contribution < -0.4 is 5.32 Å². The number of hydrogen-bond acceptors (Lipinski definition) is 4. The number of aryl methyl sites for hydroxylation is 2. The van der Waals surface area contributed by atoms with Crippen molar-refractivity contribution in [2.45, 2.75) is 43.4 Å². The summed E-state index contributed by atoms with van der Waals surface area (Å²) in [6.07, 6.45) is 4.40. The fourth-order valence-electron chi connectivity index (χ4n) is 4.26. The molecule has 2 aromatic rings. The van der Waals surface area contributed by atoms with Gasteiger partial charge in [-0.2, -0.15) is 9.57 Å². The second-order valence-electron chi connectivity index (χ2n) is 7.98. The molecule has 2 aromatic carbocycles. The van der Waals surface area contributed by atoms with Gasteiger partial charge in [0.05, 0.1) is 17.4 Å². The van der Waals surface area contributed by atoms with Crippen molar-refractivity contribution < 1.29 is 13.2 Å². The van der Waals surface area contributed by atoms with E-state index in [2.05, 4.69) is 11.4 Å². The van der Waals surface area contributed by atoms with E-state index in [1.807, 2.05) is 24.3 Å². The molecule has 1 aliphatic carbocycles. The fraction of sp³-hybridized carbons (Fsp3) is 0.391. The van der Waals surface area contributed by atoms with Crippen LogP contribution in [0.4, 0.5) is 5.69 Å². The van der Waals surface area contributed by atoms with Gasteiger partial charge in [0.15, 0.2) is 0 Å². The first-order chi connectivity index (χ1) is 14.5. The van der Waals surface area contributed by atoms with Crippen molar-refractivity contribution in [3.8, 4) is 6.07 Å². The standard InChI is InChI=1S/C23H25N3O3S/c24-13-10-17-4-7-21(8-5-17)25-23(27)19-11-14-26(15-12-19)30(28,29)22-9-6-18-2-1-3-20(18)16-22/h4-9,16,19H,1-3,10-12,14-15H2,(H,25,27). The topological polar surface area (TPSA) is 90.3 Å². The number of carbonyl (C=O) groups is 1. The van der Waals surface area contributed by atoms with Gasteiger partial charge in [-0.1, -0.05) is 18.2 Å². The Kier molecular flexibility index (Phi) is 5.89. The third-order valence-corrected chi connectivity index (χ3v) is 7.93. The average molecular weight is 424 g/mol. The lowest BCUT2D eigenvalue weighted by Crippen LogP contribution is -2.41. The van der Waals surface area contributed by atoms with Gasteiger partial charge in [0, 0.05) is 24.7 Å². The van der Waals surface area contributed by atoms with Gasteiger partial charge in [-0.25, -0.2) is 8.42 Å². The van der Waals surface area contributed by atoms with Crippen molar-refractivity contribution in [2.75, 3.05) is 18.4 Å². The van der Waals surface area contributed by atoms with Crippen LogP contribution in [0.3, 0.4) is 0 Å². The Balaban J connectivity index is 1.36. The summed E-state index contributed by atoms with van der Waals surface area (Å²) in [6.45, 7) is 0.692. The molecule has 1 heterocycles. The third-order valence-electron chi connectivity index (χ3n) is 6.04. The van der Waals surface area contributed by atoms with E-state index in [0.29, 0.717) is 42.9 Å². The molecule has 0 saturated carbocycles. The minimum Gasteiger partial charge on any atom is -0.326 e. The average Bonchev–Trinajstić information content (AvgIpc) is 3.23. The SMILES string of the molecule is N#CCc1ccc(NC(=O)C2CCN(S(=O)(=O)c3ccc4c(c3)CCC4)CC2)cc1. The van der Waals surface area contributed by atoms with Crippen molar-refractivity contribution in [1.82, 2.24) is 4.31 Å². The van der Waals surface area contributed by atoms with Crippen LogP contribution in [0.15, 0.2) is 47.4 Å². The van der Waals surface area contributed by atoms with Crippen LogP contribution in [0.1, 0.15) is 36.0 Å². The van der Waals surface area contributed by atoms with Gasteiger partial charge in [0.25, 0.3) is 0 Å². The predicted molar refractivity (Wildman–Crippen MR) is 114 cm³/mol. The number of anilines is 1. The maximum absolute atomic E-state index is 13.0. The first-order valence-corrected chi connectivity index (χ1v) is 11.8. The molecule has 0 spiro atoms. The highest BCUT2D eigenvalue weighted by atomic mass is 32.2. The van der Waals surface area contributed by atoms with Gasteiger partial charge in [-0.3, -0.25) is 4.79 Å². The van der Waals surface area contributed by atoms with Crippen molar-refractivity contribution in [1.29, 1.82) is 5.26 Å². The summed E-state index contributed by atoms with van der Waals surface area (Å²) in [5, 5.41) is 11.6. The lowest BCUT2D eigenvalue weighted by Gasteiger charge is -2.30. The van der Waals surface area contributed by atoms with Crippen molar-refractivity contribution in [3.05, 3.63) is 59.2 Å². The summed E-state index contributed by atoms with van der Waals surface area (Å²) < 4.78 is 27.6. The third kappa shape index (κ3) is 4.25. The monoisotopic (exact) mass is 423 g/mol. The van der Waals surface area contributed by atoms with Crippen LogP contribution in [0, 0.1) is 17.2 Å². The predicted octanol–water partition coefficient (Wildman–Crippen LogP) is 3.28. The number of nitrogens with zero attached hydrogens (tertiary/aromatic N) is 2. The Morgan fingerprint density at radius 3 is 2.47 bits per heavy atom. The van der Waals surface area contributed by atoms with Crippen LogP contribution >= 0.6 is 0 Å². The highest BCUT2D eigenvalue weighted by Gasteiger charge is 2.32. The maximum Gasteiger partial charge on any atom is 0.243 e.